The lowest BCUT2D eigenvalue weighted by atomic mass is 10.2. The number of hydrogen-bond donors (Lipinski definition) is 2. The Bertz CT molecular complexity index is 1450. The van der Waals surface area contributed by atoms with Gasteiger partial charge >= 0.3 is 17.8 Å². The second-order valence-corrected chi connectivity index (χ2v) is 10.6. The van der Waals surface area contributed by atoms with E-state index in [1.165, 1.54) is 28.5 Å². The Hall–Kier alpha value is -3.94. The molecule has 0 saturated carbocycles. The molecule has 2 amide bonds. The molecule has 0 aliphatic heterocycles. The van der Waals surface area contributed by atoms with Crippen molar-refractivity contribution in [1.29, 1.82) is 4.78 Å². The highest BCUT2D eigenvalue weighted by Crippen LogP contribution is 2.22. The molecule has 1 unspecified atom stereocenters. The summed E-state index contributed by atoms with van der Waals surface area (Å²) < 4.78 is 28.2. The topological polar surface area (TPSA) is 170 Å². The van der Waals surface area contributed by atoms with Crippen molar-refractivity contribution in [1.82, 2.24) is 28.9 Å². The number of nitrogens with two attached hydrogens (primary N) is 1. The molecule has 0 aliphatic carbocycles. The van der Waals surface area contributed by atoms with Gasteiger partial charge in [0.25, 0.3) is 0 Å². The molecule has 2 heterocycles. The molecule has 0 radical (unpaired) electrons. The van der Waals surface area contributed by atoms with Gasteiger partial charge in [-0.3, -0.25) is 4.57 Å². The Morgan fingerprint density at radius 1 is 1.11 bits per heavy atom. The Morgan fingerprint density at radius 2 is 1.76 bits per heavy atom. The van der Waals surface area contributed by atoms with Crippen LogP contribution in [0.3, 0.4) is 0 Å². The molecule has 3 rings (SSSR count). The van der Waals surface area contributed by atoms with Gasteiger partial charge in [0.15, 0.2) is 11.5 Å². The van der Waals surface area contributed by atoms with Crippen molar-refractivity contribution in [2.75, 3.05) is 45.3 Å². The highest BCUT2D eigenvalue weighted by molar-refractivity contribution is 7.92. The molecule has 37 heavy (non-hydrogen) atoms. The summed E-state index contributed by atoms with van der Waals surface area (Å²) >= 11 is 0. The minimum Gasteiger partial charge on any atom is -0.450 e. The molecule has 0 spiro atoms. The minimum absolute atomic E-state index is 0.0119. The average Bonchev–Trinajstić information content (AvgIpc) is 3.14. The van der Waals surface area contributed by atoms with Crippen molar-refractivity contribution in [3.8, 4) is 0 Å². The van der Waals surface area contributed by atoms with E-state index in [2.05, 4.69) is 9.97 Å². The maximum absolute atomic E-state index is 13.6. The molecule has 0 fully saturated rings. The van der Waals surface area contributed by atoms with E-state index in [0.29, 0.717) is 6.42 Å². The zero-order valence-corrected chi connectivity index (χ0v) is 22.2. The van der Waals surface area contributed by atoms with Crippen LogP contribution in [-0.2, 0) is 21.0 Å². The van der Waals surface area contributed by atoms with Crippen LogP contribution < -0.4 is 11.4 Å². The van der Waals surface area contributed by atoms with Gasteiger partial charge in [-0.05, 0) is 18.9 Å². The number of carbonyl (C=O) groups is 2. The summed E-state index contributed by atoms with van der Waals surface area (Å²) in [7, 11) is -0.335. The van der Waals surface area contributed by atoms with Gasteiger partial charge in [-0.15, -0.1) is 0 Å². The molecule has 1 atom stereocenters. The maximum atomic E-state index is 13.6. The lowest BCUT2D eigenvalue weighted by Crippen LogP contribution is -2.42. The van der Waals surface area contributed by atoms with Crippen LogP contribution in [0.4, 0.5) is 15.4 Å². The van der Waals surface area contributed by atoms with Gasteiger partial charge in [0, 0.05) is 32.9 Å². The fraction of sp³-hybridized carbons (Fsp3) is 0.435. The number of nitrogens with zero attached hydrogens (tertiary/aromatic N) is 6. The molecule has 13 nitrogen and oxygen atoms in total. The number of anilines is 1. The standard InChI is InChI=1S/C23H32N8O5S/c1-5-14-37(25,35)20-26-18(24)17-19(27-20)30(15-16-10-8-7-9-11-16)22(33)31(17)21(32)28(3)12-13-29(4)23(34)36-6-2/h7-11,25H,5-6,12-15H2,1-4H3,(H2,24,26,27). The van der Waals surface area contributed by atoms with E-state index in [4.69, 9.17) is 15.3 Å². The van der Waals surface area contributed by atoms with E-state index in [9.17, 15) is 18.6 Å². The van der Waals surface area contributed by atoms with Crippen LogP contribution in [0.1, 0.15) is 25.8 Å². The van der Waals surface area contributed by atoms with Gasteiger partial charge in [-0.1, -0.05) is 37.3 Å². The van der Waals surface area contributed by atoms with E-state index >= 15 is 0 Å². The van der Waals surface area contributed by atoms with Crippen LogP contribution in [0, 0.1) is 4.78 Å². The molecule has 0 aliphatic rings. The molecular formula is C23H32N8O5S. The van der Waals surface area contributed by atoms with Crippen molar-refractivity contribution in [3.63, 3.8) is 0 Å². The summed E-state index contributed by atoms with van der Waals surface area (Å²) in [5, 5.41) is -0.282. The number of fused-ring (bicyclic) bond motifs is 1. The normalized spacial score (nSPS) is 12.8. The second-order valence-electron chi connectivity index (χ2n) is 8.46. The van der Waals surface area contributed by atoms with E-state index in [1.807, 2.05) is 30.3 Å². The van der Waals surface area contributed by atoms with Gasteiger partial charge in [0.2, 0.25) is 5.16 Å². The van der Waals surface area contributed by atoms with Crippen molar-refractivity contribution in [3.05, 3.63) is 46.4 Å². The molecular weight excluding hydrogens is 500 g/mol. The number of ether oxygens (including phenoxy) is 1. The Kier molecular flexibility index (Phi) is 8.53. The summed E-state index contributed by atoms with van der Waals surface area (Å²) in [6, 6.07) is 8.37. The first-order valence-corrected chi connectivity index (χ1v) is 13.5. The number of rotatable bonds is 9. The van der Waals surface area contributed by atoms with Crippen molar-refractivity contribution in [2.24, 2.45) is 0 Å². The number of hydrogen-bond acceptors (Lipinski definition) is 9. The van der Waals surface area contributed by atoms with Crippen molar-refractivity contribution in [2.45, 2.75) is 32.0 Å². The number of nitrogen functional groups attached to an aromatic ring is 1. The van der Waals surface area contributed by atoms with Crippen LogP contribution in [0.15, 0.2) is 40.3 Å². The maximum Gasteiger partial charge on any atom is 0.409 e. The zero-order chi connectivity index (χ0) is 27.3. The summed E-state index contributed by atoms with van der Waals surface area (Å²) in [6.07, 6.45) is -0.0680. The van der Waals surface area contributed by atoms with Gasteiger partial charge in [-0.25, -0.2) is 32.9 Å². The van der Waals surface area contributed by atoms with Crippen molar-refractivity contribution >= 4 is 38.8 Å². The van der Waals surface area contributed by atoms with Crippen LogP contribution in [0.2, 0.25) is 0 Å². The monoisotopic (exact) mass is 532 g/mol. The molecule has 2 aromatic heterocycles. The third kappa shape index (κ3) is 5.90. The van der Waals surface area contributed by atoms with Gasteiger partial charge in [-0.2, -0.15) is 4.98 Å². The van der Waals surface area contributed by atoms with E-state index < -0.39 is 27.5 Å². The number of amides is 2. The van der Waals surface area contributed by atoms with Crippen molar-refractivity contribution < 1.29 is 18.5 Å². The second kappa shape index (κ2) is 11.4. The van der Waals surface area contributed by atoms with E-state index in [-0.39, 0.29) is 54.1 Å². The number of carbonyl (C=O) groups excluding carboxylic acids is 2. The minimum atomic E-state index is -3.36. The van der Waals surface area contributed by atoms with Crippen LogP contribution in [-0.4, -0.2) is 84.8 Å². The summed E-state index contributed by atoms with van der Waals surface area (Å²) in [5.74, 6) is -0.206. The Balaban J connectivity index is 2.10. The highest BCUT2D eigenvalue weighted by atomic mass is 32.2. The molecule has 0 saturated heterocycles. The van der Waals surface area contributed by atoms with E-state index in [0.717, 1.165) is 10.1 Å². The SMILES string of the molecule is CCCS(=N)(=O)c1nc(N)c2c(n1)n(Cc1ccccc1)c(=O)n2C(=O)N(C)CCN(C)C(=O)OCC. The van der Waals surface area contributed by atoms with Crippen LogP contribution >= 0.6 is 0 Å². The summed E-state index contributed by atoms with van der Waals surface area (Å²) in [4.78, 5) is 49.8. The Labute approximate surface area is 214 Å². The van der Waals surface area contributed by atoms with Gasteiger partial charge in [0.1, 0.15) is 15.2 Å². The third-order valence-electron chi connectivity index (χ3n) is 5.61. The number of aromatic nitrogens is 4. The van der Waals surface area contributed by atoms with Crippen LogP contribution in [0.5, 0.6) is 0 Å². The quantitative estimate of drug-likeness (QED) is 0.394. The largest absolute Gasteiger partial charge is 0.450 e. The molecule has 3 aromatic rings. The van der Waals surface area contributed by atoms with Gasteiger partial charge in [0.05, 0.1) is 13.2 Å². The smallest absolute Gasteiger partial charge is 0.409 e. The molecule has 1 aromatic carbocycles. The number of nitrogens with one attached hydrogen (secondary N) is 1. The summed E-state index contributed by atoms with van der Waals surface area (Å²) in [5.41, 5.74) is 6.22. The molecule has 0 bridgehead atoms. The predicted octanol–water partition coefficient (Wildman–Crippen LogP) is 2.03. The lowest BCUT2D eigenvalue weighted by Gasteiger charge is -2.22. The molecule has 200 valence electrons. The first-order valence-electron chi connectivity index (χ1n) is 11.7. The van der Waals surface area contributed by atoms with Crippen LogP contribution in [0.25, 0.3) is 11.2 Å². The third-order valence-corrected chi connectivity index (χ3v) is 7.37. The van der Waals surface area contributed by atoms with Gasteiger partial charge < -0.3 is 20.3 Å². The summed E-state index contributed by atoms with van der Waals surface area (Å²) in [6.45, 7) is 4.02. The molecule has 3 N–H and O–H groups in total. The fourth-order valence-corrected chi connectivity index (χ4v) is 4.89. The number of benzene rings is 1. The number of imidazole rings is 1. The number of likely N-dealkylation sites (N-methyl/N-ethyl adjacent to an activating group) is 2. The predicted molar refractivity (Wildman–Crippen MR) is 139 cm³/mol. The fourth-order valence-electron chi connectivity index (χ4n) is 3.65. The first-order chi connectivity index (χ1) is 17.5. The highest BCUT2D eigenvalue weighted by Gasteiger charge is 2.27. The van der Waals surface area contributed by atoms with E-state index in [1.54, 1.807) is 13.8 Å². The Morgan fingerprint density at radius 3 is 2.38 bits per heavy atom. The first kappa shape index (κ1) is 27.6. The lowest BCUT2D eigenvalue weighted by molar-refractivity contribution is 0.113. The zero-order valence-electron chi connectivity index (χ0n) is 21.3. The average molecular weight is 533 g/mol. The molecule has 14 heteroatoms.